The number of aromatic nitrogens is 1. The summed E-state index contributed by atoms with van der Waals surface area (Å²) in [6.45, 7) is 4.75. The molecule has 4 aromatic carbocycles. The van der Waals surface area contributed by atoms with Crippen molar-refractivity contribution in [3.8, 4) is 0 Å². The van der Waals surface area contributed by atoms with Crippen molar-refractivity contribution in [2.24, 2.45) is 5.41 Å². The summed E-state index contributed by atoms with van der Waals surface area (Å²) in [6, 6.07) is 29.7. The molecule has 3 heteroatoms. The number of amides is 1. The number of hydrogen-bond acceptors (Lipinski definition) is 2. The molecule has 6 rings (SSSR count). The maximum atomic E-state index is 12.7. The van der Waals surface area contributed by atoms with Crippen LogP contribution in [0.5, 0.6) is 0 Å². The standard InChI is InChI=1S/C32H28N2O/c1-32(2)19-29-22(13-15-27-26-11-4-3-7-21(26)12-14-28(27)29)18-30(32)23-8-5-10-25(17-23)34-31(35)24-9-6-16-33-20-24/h3-17,20,30H,18-19H2,1-2H3,(H,34,35). The lowest BCUT2D eigenvalue weighted by Crippen LogP contribution is -2.31. The minimum Gasteiger partial charge on any atom is -0.322 e. The van der Waals surface area contributed by atoms with E-state index in [0.29, 0.717) is 11.5 Å². The monoisotopic (exact) mass is 456 g/mol. The second-order valence-corrected chi connectivity index (χ2v) is 10.3. The van der Waals surface area contributed by atoms with Gasteiger partial charge in [0.05, 0.1) is 5.56 Å². The molecule has 1 unspecified atom stereocenters. The van der Waals surface area contributed by atoms with Crippen LogP contribution in [-0.2, 0) is 12.8 Å². The molecule has 1 heterocycles. The van der Waals surface area contributed by atoms with E-state index in [0.717, 1.165) is 18.5 Å². The van der Waals surface area contributed by atoms with Gasteiger partial charge in [-0.05, 0) is 86.7 Å². The Balaban J connectivity index is 1.35. The maximum absolute atomic E-state index is 12.7. The fourth-order valence-corrected chi connectivity index (χ4v) is 5.77. The van der Waals surface area contributed by atoms with E-state index in [1.54, 1.807) is 24.5 Å². The van der Waals surface area contributed by atoms with Gasteiger partial charge in [-0.15, -0.1) is 0 Å². The summed E-state index contributed by atoms with van der Waals surface area (Å²) >= 11 is 0. The smallest absolute Gasteiger partial charge is 0.257 e. The molecule has 5 aromatic rings. The van der Waals surface area contributed by atoms with Gasteiger partial charge in [0, 0.05) is 18.1 Å². The van der Waals surface area contributed by atoms with Crippen LogP contribution in [0.4, 0.5) is 5.69 Å². The minimum absolute atomic E-state index is 0.0823. The number of anilines is 1. The summed E-state index contributed by atoms with van der Waals surface area (Å²) in [6.07, 6.45) is 5.28. The van der Waals surface area contributed by atoms with Crippen LogP contribution in [0.2, 0.25) is 0 Å². The van der Waals surface area contributed by atoms with Crippen LogP contribution < -0.4 is 5.32 Å². The van der Waals surface area contributed by atoms with Gasteiger partial charge in [0.25, 0.3) is 5.91 Å². The van der Waals surface area contributed by atoms with Crippen LogP contribution in [0.3, 0.4) is 0 Å². The Bertz CT molecular complexity index is 1570. The molecule has 0 saturated carbocycles. The molecule has 1 aromatic heterocycles. The zero-order chi connectivity index (χ0) is 24.0. The molecular formula is C32H28N2O. The number of benzene rings is 4. The first-order chi connectivity index (χ1) is 17.0. The van der Waals surface area contributed by atoms with Crippen LogP contribution >= 0.6 is 0 Å². The van der Waals surface area contributed by atoms with Crippen molar-refractivity contribution in [3.63, 3.8) is 0 Å². The number of carbonyl (C=O) groups is 1. The van der Waals surface area contributed by atoms with E-state index in [4.69, 9.17) is 0 Å². The Hall–Kier alpha value is -3.98. The van der Waals surface area contributed by atoms with Gasteiger partial charge in [-0.3, -0.25) is 9.78 Å². The van der Waals surface area contributed by atoms with E-state index in [2.05, 4.69) is 84.8 Å². The van der Waals surface area contributed by atoms with Crippen LogP contribution in [-0.4, -0.2) is 10.9 Å². The topological polar surface area (TPSA) is 42.0 Å². The van der Waals surface area contributed by atoms with E-state index < -0.39 is 0 Å². The predicted molar refractivity (Wildman–Crippen MR) is 144 cm³/mol. The molecule has 0 fully saturated rings. The normalized spacial score (nSPS) is 16.7. The summed E-state index contributed by atoms with van der Waals surface area (Å²) in [7, 11) is 0. The molecular weight excluding hydrogens is 428 g/mol. The quantitative estimate of drug-likeness (QED) is 0.285. The van der Waals surface area contributed by atoms with Crippen molar-refractivity contribution < 1.29 is 4.79 Å². The average molecular weight is 457 g/mol. The van der Waals surface area contributed by atoms with E-state index in [-0.39, 0.29) is 11.3 Å². The number of carbonyl (C=O) groups excluding carboxylic acids is 1. The van der Waals surface area contributed by atoms with E-state index in [1.807, 2.05) is 12.1 Å². The SMILES string of the molecule is CC1(C)Cc2c(ccc3c2ccc2ccccc23)CC1c1cccc(NC(=O)c2cccnc2)c1. The summed E-state index contributed by atoms with van der Waals surface area (Å²) < 4.78 is 0. The van der Waals surface area contributed by atoms with Gasteiger partial charge >= 0.3 is 0 Å². The third-order valence-corrected chi connectivity index (χ3v) is 7.60. The summed E-state index contributed by atoms with van der Waals surface area (Å²) in [5, 5.41) is 8.38. The van der Waals surface area contributed by atoms with Gasteiger partial charge in [0.15, 0.2) is 0 Å². The second-order valence-electron chi connectivity index (χ2n) is 10.3. The summed E-state index contributed by atoms with van der Waals surface area (Å²) in [5.74, 6) is 0.227. The number of pyridine rings is 1. The number of fused-ring (bicyclic) bond motifs is 5. The molecule has 1 aliphatic carbocycles. The van der Waals surface area contributed by atoms with Crippen LogP contribution in [0.25, 0.3) is 21.5 Å². The summed E-state index contributed by atoms with van der Waals surface area (Å²) in [5.41, 5.74) is 5.65. The van der Waals surface area contributed by atoms with Crippen molar-refractivity contribution in [1.82, 2.24) is 4.98 Å². The zero-order valence-electron chi connectivity index (χ0n) is 20.1. The largest absolute Gasteiger partial charge is 0.322 e. The lowest BCUT2D eigenvalue weighted by molar-refractivity contribution is 0.102. The molecule has 1 atom stereocenters. The highest BCUT2D eigenvalue weighted by molar-refractivity contribution is 6.09. The van der Waals surface area contributed by atoms with Crippen molar-refractivity contribution >= 4 is 33.1 Å². The van der Waals surface area contributed by atoms with Gasteiger partial charge in [0.1, 0.15) is 0 Å². The highest BCUT2D eigenvalue weighted by Crippen LogP contribution is 2.48. The highest BCUT2D eigenvalue weighted by atomic mass is 16.1. The van der Waals surface area contributed by atoms with E-state index >= 15 is 0 Å². The van der Waals surface area contributed by atoms with Gasteiger partial charge in [-0.2, -0.15) is 0 Å². The molecule has 172 valence electrons. The maximum Gasteiger partial charge on any atom is 0.257 e. The average Bonchev–Trinajstić information content (AvgIpc) is 2.88. The second kappa shape index (κ2) is 8.35. The molecule has 1 amide bonds. The van der Waals surface area contributed by atoms with Crippen LogP contribution in [0, 0.1) is 5.41 Å². The molecule has 0 spiro atoms. The number of nitrogens with one attached hydrogen (secondary N) is 1. The van der Waals surface area contributed by atoms with Gasteiger partial charge in [-0.1, -0.05) is 74.5 Å². The van der Waals surface area contributed by atoms with Crippen LogP contribution in [0.1, 0.15) is 46.8 Å². The Morgan fingerprint density at radius 2 is 1.74 bits per heavy atom. The van der Waals surface area contributed by atoms with Gasteiger partial charge in [0.2, 0.25) is 0 Å². The fraction of sp³-hybridized carbons (Fsp3) is 0.188. The van der Waals surface area contributed by atoms with Crippen molar-refractivity contribution in [3.05, 3.63) is 120 Å². The zero-order valence-corrected chi connectivity index (χ0v) is 20.1. The molecule has 1 aliphatic rings. The summed E-state index contributed by atoms with van der Waals surface area (Å²) in [4.78, 5) is 16.7. The Morgan fingerprint density at radius 1 is 0.886 bits per heavy atom. The highest BCUT2D eigenvalue weighted by Gasteiger charge is 2.36. The molecule has 1 N–H and O–H groups in total. The number of hydrogen-bond donors (Lipinski definition) is 1. The van der Waals surface area contributed by atoms with Gasteiger partial charge < -0.3 is 5.32 Å². The molecule has 0 aliphatic heterocycles. The number of nitrogens with zero attached hydrogens (tertiary/aromatic N) is 1. The fourth-order valence-electron chi connectivity index (χ4n) is 5.77. The number of rotatable bonds is 3. The lowest BCUT2D eigenvalue weighted by atomic mass is 9.63. The van der Waals surface area contributed by atoms with Gasteiger partial charge in [-0.25, -0.2) is 0 Å². The molecule has 35 heavy (non-hydrogen) atoms. The Labute approximate surface area is 205 Å². The third-order valence-electron chi connectivity index (χ3n) is 7.60. The predicted octanol–water partition coefficient (Wildman–Crippen LogP) is 7.55. The Kier molecular flexibility index (Phi) is 5.14. The molecule has 0 bridgehead atoms. The lowest BCUT2D eigenvalue weighted by Gasteiger charge is -2.41. The Morgan fingerprint density at radius 3 is 2.60 bits per heavy atom. The first-order valence-electron chi connectivity index (χ1n) is 12.2. The molecule has 0 saturated heterocycles. The molecule has 0 radical (unpaired) electrons. The van der Waals surface area contributed by atoms with E-state index in [9.17, 15) is 4.79 Å². The first kappa shape index (κ1) is 21.5. The molecule has 3 nitrogen and oxygen atoms in total. The van der Waals surface area contributed by atoms with Crippen molar-refractivity contribution in [2.75, 3.05) is 5.32 Å². The van der Waals surface area contributed by atoms with E-state index in [1.165, 1.54) is 38.2 Å². The van der Waals surface area contributed by atoms with Crippen LogP contribution in [0.15, 0.2) is 97.3 Å². The minimum atomic E-state index is -0.137. The third kappa shape index (κ3) is 3.87. The first-order valence-corrected chi connectivity index (χ1v) is 12.2. The van der Waals surface area contributed by atoms with Crippen molar-refractivity contribution in [1.29, 1.82) is 0 Å². The van der Waals surface area contributed by atoms with Crippen molar-refractivity contribution in [2.45, 2.75) is 32.6 Å².